The summed E-state index contributed by atoms with van der Waals surface area (Å²) in [5.41, 5.74) is 0. The number of rotatable bonds is 6. The van der Waals surface area contributed by atoms with E-state index in [1.54, 1.807) is 0 Å². The lowest BCUT2D eigenvalue weighted by Crippen LogP contribution is -2.36. The van der Waals surface area contributed by atoms with Crippen LogP contribution in [0, 0.1) is 10.1 Å². The first-order chi connectivity index (χ1) is 6.79. The molecule has 14 heavy (non-hydrogen) atoms. The van der Waals surface area contributed by atoms with Crippen molar-refractivity contribution in [2.45, 2.75) is 19.3 Å². The van der Waals surface area contributed by atoms with E-state index in [0.29, 0.717) is 6.42 Å². The lowest BCUT2D eigenvalue weighted by Gasteiger charge is -2.26. The second kappa shape index (κ2) is 6.73. The molecule has 0 aromatic heterocycles. The molecule has 0 amide bonds. The van der Waals surface area contributed by atoms with E-state index in [1.807, 2.05) is 0 Å². The van der Waals surface area contributed by atoms with E-state index in [2.05, 4.69) is 4.90 Å². The maximum absolute atomic E-state index is 10.0. The highest BCUT2D eigenvalue weighted by atomic mass is 16.6. The fraction of sp³-hybridized carbons (Fsp3) is 1.00. The largest absolute Gasteiger partial charge is 0.379 e. The number of hydrogen-bond donors (Lipinski definition) is 0. The summed E-state index contributed by atoms with van der Waals surface area (Å²) in [5, 5.41) is 10.0. The van der Waals surface area contributed by atoms with Crippen molar-refractivity contribution >= 4 is 0 Å². The van der Waals surface area contributed by atoms with Crippen LogP contribution in [0.2, 0.25) is 0 Å². The molecule has 0 aromatic rings. The van der Waals surface area contributed by atoms with Gasteiger partial charge in [0.15, 0.2) is 0 Å². The topological polar surface area (TPSA) is 55.6 Å². The molecular weight excluding hydrogens is 184 g/mol. The van der Waals surface area contributed by atoms with Crippen LogP contribution in [0.5, 0.6) is 0 Å². The summed E-state index contributed by atoms with van der Waals surface area (Å²) in [6.45, 7) is 4.85. The molecular formula is C9H18N2O3. The summed E-state index contributed by atoms with van der Waals surface area (Å²) < 4.78 is 5.23. The van der Waals surface area contributed by atoms with E-state index in [0.717, 1.165) is 45.7 Å². The molecule has 1 rings (SSSR count). The van der Waals surface area contributed by atoms with Gasteiger partial charge in [-0.1, -0.05) is 0 Å². The van der Waals surface area contributed by atoms with Crippen LogP contribution in [-0.4, -0.2) is 49.2 Å². The lowest BCUT2D eigenvalue weighted by atomic mass is 10.2. The molecule has 0 atom stereocenters. The van der Waals surface area contributed by atoms with Crippen LogP contribution < -0.4 is 0 Å². The van der Waals surface area contributed by atoms with Crippen LogP contribution in [0.15, 0.2) is 0 Å². The molecule has 82 valence electrons. The maximum Gasteiger partial charge on any atom is 0.203 e. The second-order valence-electron chi connectivity index (χ2n) is 3.57. The minimum atomic E-state index is -0.241. The predicted octanol–water partition coefficient (Wildman–Crippen LogP) is 0.766. The summed E-state index contributed by atoms with van der Waals surface area (Å²) in [5.74, 6) is 0. The zero-order valence-corrected chi connectivity index (χ0v) is 8.48. The number of morpholine rings is 1. The highest BCUT2D eigenvalue weighted by Crippen LogP contribution is 2.01. The van der Waals surface area contributed by atoms with E-state index in [9.17, 15) is 10.1 Å². The Bertz CT molecular complexity index is 169. The third-order valence-electron chi connectivity index (χ3n) is 2.42. The Hall–Kier alpha value is -0.680. The third-order valence-corrected chi connectivity index (χ3v) is 2.42. The molecule has 5 heteroatoms. The van der Waals surface area contributed by atoms with Gasteiger partial charge >= 0.3 is 0 Å². The standard InChI is InChI=1S/C9H18N2O3/c12-11(13)5-3-1-2-4-10-6-8-14-9-7-10/h1-9H2. The minimum Gasteiger partial charge on any atom is -0.379 e. The van der Waals surface area contributed by atoms with Gasteiger partial charge < -0.3 is 4.74 Å². The fourth-order valence-electron chi connectivity index (χ4n) is 1.58. The normalized spacial score (nSPS) is 18.3. The molecule has 1 aliphatic rings. The monoisotopic (exact) mass is 202 g/mol. The first-order valence-corrected chi connectivity index (χ1v) is 5.21. The van der Waals surface area contributed by atoms with Gasteiger partial charge in [0, 0.05) is 24.4 Å². The van der Waals surface area contributed by atoms with Gasteiger partial charge in [-0.15, -0.1) is 0 Å². The number of unbranched alkanes of at least 4 members (excludes halogenated alkanes) is 2. The third kappa shape index (κ3) is 5.14. The number of nitrogens with zero attached hydrogens (tertiary/aromatic N) is 2. The van der Waals surface area contributed by atoms with Gasteiger partial charge in [-0.25, -0.2) is 0 Å². The Kier molecular flexibility index (Phi) is 5.47. The Balaban J connectivity index is 1.90. The van der Waals surface area contributed by atoms with Crippen molar-refractivity contribution in [3.8, 4) is 0 Å². The Morgan fingerprint density at radius 2 is 1.93 bits per heavy atom. The first-order valence-electron chi connectivity index (χ1n) is 5.21. The summed E-state index contributed by atoms with van der Waals surface area (Å²) in [7, 11) is 0. The summed E-state index contributed by atoms with van der Waals surface area (Å²) in [4.78, 5) is 12.2. The van der Waals surface area contributed by atoms with Crippen molar-refractivity contribution in [1.82, 2.24) is 4.90 Å². The van der Waals surface area contributed by atoms with Crippen molar-refractivity contribution in [3.05, 3.63) is 10.1 Å². The van der Waals surface area contributed by atoms with Gasteiger partial charge in [-0.3, -0.25) is 15.0 Å². The molecule has 0 N–H and O–H groups in total. The Morgan fingerprint density at radius 3 is 2.57 bits per heavy atom. The van der Waals surface area contributed by atoms with Gasteiger partial charge in [-0.2, -0.15) is 0 Å². The molecule has 0 aromatic carbocycles. The van der Waals surface area contributed by atoms with Gasteiger partial charge in [0.05, 0.1) is 13.2 Å². The molecule has 0 unspecified atom stereocenters. The molecule has 0 spiro atoms. The van der Waals surface area contributed by atoms with Gasteiger partial charge in [0.25, 0.3) is 0 Å². The molecule has 1 aliphatic heterocycles. The molecule has 1 heterocycles. The van der Waals surface area contributed by atoms with Gasteiger partial charge in [-0.05, 0) is 19.4 Å². The molecule has 5 nitrogen and oxygen atoms in total. The SMILES string of the molecule is O=[N+]([O-])CCCCCN1CCOCC1. The zero-order chi connectivity index (χ0) is 10.2. The molecule has 1 fully saturated rings. The number of hydrogen-bond acceptors (Lipinski definition) is 4. The average molecular weight is 202 g/mol. The van der Waals surface area contributed by atoms with Crippen molar-refractivity contribution in [3.63, 3.8) is 0 Å². The summed E-state index contributed by atoms with van der Waals surface area (Å²) in [6.07, 6.45) is 2.73. The highest BCUT2D eigenvalue weighted by Gasteiger charge is 2.09. The van der Waals surface area contributed by atoms with Gasteiger partial charge in [0.1, 0.15) is 0 Å². The molecule has 0 saturated carbocycles. The maximum atomic E-state index is 10.0. The number of ether oxygens (including phenoxy) is 1. The van der Waals surface area contributed by atoms with E-state index in [-0.39, 0.29) is 11.5 Å². The van der Waals surface area contributed by atoms with Crippen molar-refractivity contribution in [2.24, 2.45) is 0 Å². The van der Waals surface area contributed by atoms with E-state index < -0.39 is 0 Å². The lowest BCUT2D eigenvalue weighted by molar-refractivity contribution is -0.480. The first kappa shape index (κ1) is 11.4. The van der Waals surface area contributed by atoms with Crippen molar-refractivity contribution in [2.75, 3.05) is 39.4 Å². The Morgan fingerprint density at radius 1 is 1.21 bits per heavy atom. The smallest absolute Gasteiger partial charge is 0.203 e. The van der Waals surface area contributed by atoms with Crippen LogP contribution in [0.1, 0.15) is 19.3 Å². The zero-order valence-electron chi connectivity index (χ0n) is 8.48. The van der Waals surface area contributed by atoms with Crippen molar-refractivity contribution < 1.29 is 9.66 Å². The molecule has 0 aliphatic carbocycles. The second-order valence-corrected chi connectivity index (χ2v) is 3.57. The predicted molar refractivity (Wildman–Crippen MR) is 53.0 cm³/mol. The van der Waals surface area contributed by atoms with E-state index >= 15 is 0 Å². The van der Waals surface area contributed by atoms with Crippen LogP contribution in [0.4, 0.5) is 0 Å². The molecule has 0 bridgehead atoms. The van der Waals surface area contributed by atoms with E-state index in [1.165, 1.54) is 0 Å². The van der Waals surface area contributed by atoms with Crippen molar-refractivity contribution in [1.29, 1.82) is 0 Å². The van der Waals surface area contributed by atoms with E-state index in [4.69, 9.17) is 4.74 Å². The summed E-state index contributed by atoms with van der Waals surface area (Å²) >= 11 is 0. The van der Waals surface area contributed by atoms with Crippen LogP contribution in [0.3, 0.4) is 0 Å². The minimum absolute atomic E-state index is 0.114. The van der Waals surface area contributed by atoms with Crippen LogP contribution >= 0.6 is 0 Å². The summed E-state index contributed by atoms with van der Waals surface area (Å²) in [6, 6.07) is 0. The molecule has 1 saturated heterocycles. The van der Waals surface area contributed by atoms with Crippen LogP contribution in [-0.2, 0) is 4.74 Å². The molecule has 0 radical (unpaired) electrons. The Labute approximate surface area is 84.2 Å². The fourth-order valence-corrected chi connectivity index (χ4v) is 1.58. The number of nitro groups is 1. The quantitative estimate of drug-likeness (QED) is 0.362. The van der Waals surface area contributed by atoms with Crippen LogP contribution in [0.25, 0.3) is 0 Å². The highest BCUT2D eigenvalue weighted by molar-refractivity contribution is 4.61. The van der Waals surface area contributed by atoms with Gasteiger partial charge in [0.2, 0.25) is 6.54 Å². The average Bonchev–Trinajstić information content (AvgIpc) is 2.18.